The van der Waals surface area contributed by atoms with Gasteiger partial charge in [0.2, 0.25) is 0 Å². The average Bonchev–Trinajstić information content (AvgIpc) is 1.25. The first-order valence-corrected chi connectivity index (χ1v) is 1.41. The second kappa shape index (κ2) is 22.6. The van der Waals surface area contributed by atoms with E-state index in [4.69, 9.17) is 30.1 Å². The maximum atomic E-state index is 8.42. The second-order valence-corrected chi connectivity index (χ2v) is 0.577. The van der Waals surface area contributed by atoms with E-state index >= 15 is 0 Å². The van der Waals surface area contributed by atoms with Gasteiger partial charge in [0.15, 0.2) is 0 Å². The number of hydrogen-bond donors (Lipinski definition) is 0. The van der Waals surface area contributed by atoms with Crippen LogP contribution in [-0.2, 0) is 0 Å². The van der Waals surface area contributed by atoms with Gasteiger partial charge in [0.1, 0.15) is 0 Å². The third-order valence-electron chi connectivity index (χ3n) is 0. The fourth-order valence-corrected chi connectivity index (χ4v) is 0. The van der Waals surface area contributed by atoms with Crippen LogP contribution in [0.15, 0.2) is 0 Å². The van der Waals surface area contributed by atoms with Crippen LogP contribution in [0.2, 0.25) is 0 Å². The first kappa shape index (κ1) is 29.3. The van der Waals surface area contributed by atoms with E-state index in [2.05, 4.69) is 0 Å². The Morgan fingerprint density at radius 1 is 0.545 bits per heavy atom. The minimum Gasteiger partial charge on any atom is -0.907 e. The van der Waals surface area contributed by atoms with Crippen LogP contribution in [0.3, 0.4) is 0 Å². The summed E-state index contributed by atoms with van der Waals surface area (Å²) in [4.78, 5) is 0. The van der Waals surface area contributed by atoms with Gasteiger partial charge in [-0.25, -0.2) is 0 Å². The molecule has 0 spiro atoms. The summed E-state index contributed by atoms with van der Waals surface area (Å²) in [6, 6.07) is 0. The van der Waals surface area contributed by atoms with Gasteiger partial charge in [-0.1, -0.05) is 0 Å². The molecule has 0 heterocycles. The van der Waals surface area contributed by atoms with Crippen LogP contribution < -0.4 is 67.9 Å². The van der Waals surface area contributed by atoms with Crippen LogP contribution in [0.25, 0.3) is 0 Å². The monoisotopic (exact) mass is 252 g/mol. The van der Waals surface area contributed by atoms with E-state index in [1.54, 1.807) is 0 Å². The van der Waals surface area contributed by atoms with Gasteiger partial charge >= 0.3 is 61.6 Å². The van der Waals surface area contributed by atoms with E-state index in [1.807, 2.05) is 0 Å². The van der Waals surface area contributed by atoms with Crippen LogP contribution in [0.1, 0.15) is 0 Å². The van der Waals surface area contributed by atoms with E-state index in [9.17, 15) is 0 Å². The van der Waals surface area contributed by atoms with Crippen molar-refractivity contribution in [2.45, 2.75) is 0 Å². The molecule has 0 atom stereocenters. The summed E-state index contributed by atoms with van der Waals surface area (Å²) in [6.07, 6.45) is 0. The van der Waals surface area contributed by atoms with Crippen LogP contribution >= 0.6 is 0 Å². The molecule has 0 saturated carbocycles. The van der Waals surface area contributed by atoms with Gasteiger partial charge in [0, 0.05) is 0 Å². The van der Waals surface area contributed by atoms with E-state index in [1.165, 1.54) is 0 Å². The van der Waals surface area contributed by atoms with Crippen molar-refractivity contribution in [1.82, 2.24) is 0 Å². The molecule has 11 heteroatoms. The molecule has 0 aliphatic rings. The summed E-state index contributed by atoms with van der Waals surface area (Å²) >= 11 is 0. The molecule has 0 aromatic heterocycles. The van der Waals surface area contributed by atoms with Gasteiger partial charge in [-0.05, 0) is 0 Å². The predicted octanol–water partition coefficient (Wildman–Crippen LogP) is -14.3. The molecule has 0 N–H and O–H groups in total. The Kier molecular flexibility index (Phi) is 60.3. The number of rotatable bonds is 0. The zero-order chi connectivity index (χ0) is 7.15. The van der Waals surface area contributed by atoms with Crippen molar-refractivity contribution in [1.29, 1.82) is 0 Å². The summed E-state index contributed by atoms with van der Waals surface area (Å²) in [6.45, 7) is 0. The quantitative estimate of drug-likeness (QED) is 0.391. The van der Waals surface area contributed by atoms with Crippen LogP contribution in [0, 0.1) is 0 Å². The van der Waals surface area contributed by atoms with Crippen molar-refractivity contribution in [3.63, 3.8) is 0 Å². The fourth-order valence-electron chi connectivity index (χ4n) is 0. The predicted molar refractivity (Wildman–Crippen MR) is 17.3 cm³/mol. The van der Waals surface area contributed by atoms with E-state index in [0.29, 0.717) is 0 Å². The summed E-state index contributed by atoms with van der Waals surface area (Å²) < 4.78 is 0. The molecule has 0 aliphatic heterocycles. The zero-order valence-electron chi connectivity index (χ0n) is 6.10. The summed E-state index contributed by atoms with van der Waals surface area (Å²) in [5, 5.41) is 50.5. The Hall–Kier alpha value is 1.88. The molecule has 0 rings (SSSR count). The minimum absolute atomic E-state index is 0. The molecular formula is B2Li2O6Sn. The van der Waals surface area contributed by atoms with Crippen molar-refractivity contribution >= 4 is 38.6 Å². The van der Waals surface area contributed by atoms with Crippen molar-refractivity contribution in [3.8, 4) is 0 Å². The Morgan fingerprint density at radius 2 is 0.545 bits per heavy atom. The van der Waals surface area contributed by atoms with Crippen LogP contribution in [0.4, 0.5) is 0 Å². The minimum atomic E-state index is -2.92. The van der Waals surface area contributed by atoms with Crippen molar-refractivity contribution in [2.75, 3.05) is 0 Å². The maximum absolute atomic E-state index is 8.42. The van der Waals surface area contributed by atoms with Gasteiger partial charge in [-0.15, -0.1) is 0 Å². The van der Waals surface area contributed by atoms with Crippen molar-refractivity contribution in [2.24, 2.45) is 0 Å². The summed E-state index contributed by atoms with van der Waals surface area (Å²) in [7, 11) is -5.83. The average molecular weight is 250 g/mol. The van der Waals surface area contributed by atoms with Crippen molar-refractivity contribution in [3.05, 3.63) is 0 Å². The molecule has 0 aliphatic carbocycles. The first-order chi connectivity index (χ1) is 3.46. The molecule has 0 unspecified atom stereocenters. The maximum Gasteiger partial charge on any atom is 4.00 e. The summed E-state index contributed by atoms with van der Waals surface area (Å²) in [5.74, 6) is 0. The molecule has 0 saturated heterocycles. The molecule has 0 bridgehead atoms. The standard InChI is InChI=1S/2BO3.2Li.Sn/c2*2-1(3)4;;;/q2*-3;2*+1;+4. The summed E-state index contributed by atoms with van der Waals surface area (Å²) in [5.41, 5.74) is 0. The van der Waals surface area contributed by atoms with E-state index in [0.717, 1.165) is 0 Å². The normalized spacial score (nSPS) is 4.91. The van der Waals surface area contributed by atoms with E-state index in [-0.39, 0.29) is 61.6 Å². The molecule has 11 heavy (non-hydrogen) atoms. The molecule has 0 radical (unpaired) electrons. The molecule has 0 aromatic rings. The first-order valence-electron chi connectivity index (χ1n) is 1.41. The van der Waals surface area contributed by atoms with Gasteiger partial charge in [0.05, 0.1) is 0 Å². The zero-order valence-corrected chi connectivity index (χ0v) is 8.96. The number of hydrogen-bond acceptors (Lipinski definition) is 6. The Labute approximate surface area is 106 Å². The molecule has 48 valence electrons. The van der Waals surface area contributed by atoms with Crippen molar-refractivity contribution < 1.29 is 67.9 Å². The fraction of sp³-hybridized carbons (Fsp3) is 0. The SMILES string of the molecule is [Li+].[Li+].[O-]B([O-])[O-].[O-]B([O-])[O-].[Sn+4]. The van der Waals surface area contributed by atoms with Crippen LogP contribution in [0.5, 0.6) is 0 Å². The largest absolute Gasteiger partial charge is 4.00 e. The Balaban J connectivity index is -0.0000000171. The Morgan fingerprint density at radius 3 is 0.545 bits per heavy atom. The molecular weight excluding hydrogens is 250 g/mol. The smallest absolute Gasteiger partial charge is 0.907 e. The van der Waals surface area contributed by atoms with Gasteiger partial charge in [0.25, 0.3) is 0 Å². The Bertz CT molecular complexity index is 34.1. The second-order valence-electron chi connectivity index (χ2n) is 0.577. The molecule has 6 nitrogen and oxygen atoms in total. The van der Waals surface area contributed by atoms with E-state index < -0.39 is 14.6 Å². The molecule has 0 amide bonds. The van der Waals surface area contributed by atoms with Crippen LogP contribution in [-0.4, -0.2) is 38.6 Å². The third-order valence-corrected chi connectivity index (χ3v) is 0. The molecule has 0 aromatic carbocycles. The van der Waals surface area contributed by atoms with Gasteiger partial charge < -0.3 is 30.1 Å². The third kappa shape index (κ3) is 327. The van der Waals surface area contributed by atoms with Gasteiger partial charge in [-0.3, -0.25) is 14.6 Å². The topological polar surface area (TPSA) is 138 Å². The molecule has 0 fully saturated rings. The van der Waals surface area contributed by atoms with Gasteiger partial charge in [-0.2, -0.15) is 0 Å².